The van der Waals surface area contributed by atoms with Crippen LogP contribution in [0.2, 0.25) is 0 Å². The minimum atomic E-state index is -0.531. The smallest absolute Gasteiger partial charge is 0.313 e. The Labute approximate surface area is 125 Å². The first-order valence-electron chi connectivity index (χ1n) is 6.53. The molecule has 2 heterocycles. The molecule has 20 heavy (non-hydrogen) atoms. The zero-order chi connectivity index (χ0) is 14.9. The first-order valence-corrected chi connectivity index (χ1v) is 7.32. The van der Waals surface area contributed by atoms with E-state index in [0.717, 1.165) is 5.69 Å². The van der Waals surface area contributed by atoms with Crippen molar-refractivity contribution in [1.82, 2.24) is 9.78 Å². The van der Waals surface area contributed by atoms with Crippen LogP contribution in [0.25, 0.3) is 0 Å². The third kappa shape index (κ3) is 2.59. The number of carbonyl (C=O) groups is 1. The normalized spacial score (nSPS) is 22.1. The molecule has 0 amide bonds. The molecule has 1 aliphatic rings. The molecule has 1 saturated heterocycles. The molecule has 110 valence electrons. The summed E-state index contributed by atoms with van der Waals surface area (Å²) in [5, 5.41) is 4.03. The first-order chi connectivity index (χ1) is 9.39. The Morgan fingerprint density at radius 3 is 2.95 bits per heavy atom. The van der Waals surface area contributed by atoms with E-state index in [2.05, 4.69) is 21.0 Å². The summed E-state index contributed by atoms with van der Waals surface area (Å²) in [5.41, 5.74) is 0.00430. The number of aryl methyl sites for hydroxylation is 1. The predicted octanol–water partition coefficient (Wildman–Crippen LogP) is 1.32. The van der Waals surface area contributed by atoms with Gasteiger partial charge in [-0.3, -0.25) is 9.59 Å². The van der Waals surface area contributed by atoms with Gasteiger partial charge in [0, 0.05) is 20.1 Å². The first kappa shape index (κ1) is 15.0. The van der Waals surface area contributed by atoms with E-state index in [1.165, 1.54) is 4.68 Å². The number of esters is 1. The molecule has 0 aliphatic carbocycles. The van der Waals surface area contributed by atoms with Gasteiger partial charge in [-0.25, -0.2) is 4.68 Å². The van der Waals surface area contributed by atoms with Crippen LogP contribution in [0.3, 0.4) is 0 Å². The van der Waals surface area contributed by atoms with E-state index in [4.69, 9.17) is 4.74 Å². The lowest BCUT2D eigenvalue weighted by molar-refractivity contribution is -0.153. The van der Waals surface area contributed by atoms with Gasteiger partial charge in [0.15, 0.2) is 0 Å². The van der Waals surface area contributed by atoms with Crippen molar-refractivity contribution in [1.29, 1.82) is 0 Å². The van der Waals surface area contributed by atoms with E-state index >= 15 is 0 Å². The second-order valence-electron chi connectivity index (χ2n) is 5.23. The highest BCUT2D eigenvalue weighted by Gasteiger charge is 2.42. The highest BCUT2D eigenvalue weighted by atomic mass is 79.9. The van der Waals surface area contributed by atoms with Gasteiger partial charge in [-0.2, -0.15) is 5.10 Å². The van der Waals surface area contributed by atoms with Gasteiger partial charge in [-0.05, 0) is 36.2 Å². The van der Waals surface area contributed by atoms with Gasteiger partial charge in [0.2, 0.25) is 0 Å². The summed E-state index contributed by atoms with van der Waals surface area (Å²) in [7, 11) is 1.60. The van der Waals surface area contributed by atoms with Crippen LogP contribution in [-0.4, -0.2) is 35.4 Å². The fraction of sp³-hybridized carbons (Fsp3) is 0.615. The van der Waals surface area contributed by atoms with Crippen molar-refractivity contribution >= 4 is 27.6 Å². The number of hydrogen-bond acceptors (Lipinski definition) is 5. The van der Waals surface area contributed by atoms with E-state index in [1.807, 2.05) is 11.8 Å². The zero-order valence-electron chi connectivity index (χ0n) is 11.9. The van der Waals surface area contributed by atoms with Crippen LogP contribution < -0.4 is 10.5 Å². The van der Waals surface area contributed by atoms with Crippen LogP contribution in [0.1, 0.15) is 20.3 Å². The number of halogens is 1. The van der Waals surface area contributed by atoms with E-state index in [-0.39, 0.29) is 11.5 Å². The van der Waals surface area contributed by atoms with E-state index in [9.17, 15) is 9.59 Å². The quantitative estimate of drug-likeness (QED) is 0.774. The number of aromatic nitrogens is 2. The maximum Gasteiger partial charge on any atom is 0.313 e. The molecule has 1 fully saturated rings. The van der Waals surface area contributed by atoms with Crippen LogP contribution in [0.5, 0.6) is 0 Å². The molecule has 2 rings (SSSR count). The summed E-state index contributed by atoms with van der Waals surface area (Å²) in [6.07, 6.45) is 2.34. The Morgan fingerprint density at radius 1 is 1.60 bits per heavy atom. The highest BCUT2D eigenvalue weighted by Crippen LogP contribution is 2.35. The lowest BCUT2D eigenvalue weighted by Gasteiger charge is -2.24. The second-order valence-corrected chi connectivity index (χ2v) is 6.02. The van der Waals surface area contributed by atoms with Crippen LogP contribution in [0.4, 0.5) is 5.69 Å². The lowest BCUT2D eigenvalue weighted by Crippen LogP contribution is -2.34. The fourth-order valence-electron chi connectivity index (χ4n) is 2.36. The number of ether oxygens (including phenoxy) is 1. The summed E-state index contributed by atoms with van der Waals surface area (Å²) in [6.45, 7) is 5.30. The maximum atomic E-state index is 12.0. The molecular weight excluding hydrogens is 326 g/mol. The molecule has 7 heteroatoms. The van der Waals surface area contributed by atoms with Gasteiger partial charge in [0.1, 0.15) is 4.47 Å². The van der Waals surface area contributed by atoms with Gasteiger partial charge in [-0.1, -0.05) is 0 Å². The van der Waals surface area contributed by atoms with Crippen LogP contribution in [0.15, 0.2) is 15.5 Å². The summed E-state index contributed by atoms with van der Waals surface area (Å²) in [5.74, 6) is -0.185. The molecule has 0 saturated carbocycles. The molecule has 0 aromatic carbocycles. The number of rotatable bonds is 3. The van der Waals surface area contributed by atoms with Crippen molar-refractivity contribution in [2.24, 2.45) is 12.5 Å². The Morgan fingerprint density at radius 2 is 2.30 bits per heavy atom. The van der Waals surface area contributed by atoms with E-state index < -0.39 is 5.41 Å². The van der Waals surface area contributed by atoms with E-state index in [1.54, 1.807) is 20.2 Å². The van der Waals surface area contributed by atoms with Gasteiger partial charge in [-0.15, -0.1) is 0 Å². The molecule has 0 spiro atoms. The monoisotopic (exact) mass is 343 g/mol. The third-order valence-electron chi connectivity index (χ3n) is 3.64. The molecule has 0 bridgehead atoms. The van der Waals surface area contributed by atoms with Gasteiger partial charge in [0.25, 0.3) is 5.56 Å². The Bertz CT molecular complexity index is 587. The molecule has 1 aromatic heterocycles. The minimum absolute atomic E-state index is 0.185. The second kappa shape index (κ2) is 5.55. The van der Waals surface area contributed by atoms with Crippen LogP contribution in [0, 0.1) is 5.41 Å². The van der Waals surface area contributed by atoms with Crippen LogP contribution >= 0.6 is 15.9 Å². The van der Waals surface area contributed by atoms with Crippen molar-refractivity contribution < 1.29 is 9.53 Å². The Hall–Kier alpha value is -1.37. The summed E-state index contributed by atoms with van der Waals surface area (Å²) in [6, 6.07) is 0. The third-order valence-corrected chi connectivity index (χ3v) is 4.39. The molecular formula is C13H18BrN3O3. The summed E-state index contributed by atoms with van der Waals surface area (Å²) >= 11 is 3.32. The van der Waals surface area contributed by atoms with E-state index in [0.29, 0.717) is 30.6 Å². The average molecular weight is 344 g/mol. The maximum absolute atomic E-state index is 12.0. The Kier molecular flexibility index (Phi) is 4.17. The predicted molar refractivity (Wildman–Crippen MR) is 78.7 cm³/mol. The van der Waals surface area contributed by atoms with Crippen molar-refractivity contribution in [3.8, 4) is 0 Å². The molecule has 1 unspecified atom stereocenters. The molecule has 1 aliphatic heterocycles. The minimum Gasteiger partial charge on any atom is -0.466 e. The standard InChI is InChI=1S/C13H18BrN3O3/c1-4-20-12(19)13(2)5-6-17(8-13)9-7-15-16(3)11(18)10(9)14/h7H,4-6,8H2,1-3H3. The zero-order valence-corrected chi connectivity index (χ0v) is 13.4. The highest BCUT2D eigenvalue weighted by molar-refractivity contribution is 9.10. The van der Waals surface area contributed by atoms with Crippen molar-refractivity contribution in [2.75, 3.05) is 24.6 Å². The largest absolute Gasteiger partial charge is 0.466 e. The van der Waals surface area contributed by atoms with Gasteiger partial charge >= 0.3 is 5.97 Å². The van der Waals surface area contributed by atoms with Crippen molar-refractivity contribution in [3.63, 3.8) is 0 Å². The van der Waals surface area contributed by atoms with Gasteiger partial charge in [0.05, 0.1) is 23.9 Å². The van der Waals surface area contributed by atoms with Crippen LogP contribution in [-0.2, 0) is 16.6 Å². The number of anilines is 1. The average Bonchev–Trinajstić information content (AvgIpc) is 2.80. The number of carbonyl (C=O) groups excluding carboxylic acids is 1. The van der Waals surface area contributed by atoms with Crippen molar-refractivity contribution in [2.45, 2.75) is 20.3 Å². The molecule has 1 atom stereocenters. The summed E-state index contributed by atoms with van der Waals surface area (Å²) < 4.78 is 6.87. The fourth-order valence-corrected chi connectivity index (χ4v) is 2.97. The number of hydrogen-bond donors (Lipinski definition) is 0. The van der Waals surface area contributed by atoms with Gasteiger partial charge < -0.3 is 9.64 Å². The van der Waals surface area contributed by atoms with Crippen molar-refractivity contribution in [3.05, 3.63) is 21.0 Å². The topological polar surface area (TPSA) is 64.4 Å². The molecule has 0 radical (unpaired) electrons. The number of nitrogens with zero attached hydrogens (tertiary/aromatic N) is 3. The molecule has 1 aromatic rings. The lowest BCUT2D eigenvalue weighted by atomic mass is 9.90. The molecule has 6 nitrogen and oxygen atoms in total. The summed E-state index contributed by atoms with van der Waals surface area (Å²) in [4.78, 5) is 25.9. The Balaban J connectivity index is 2.24. The SMILES string of the molecule is CCOC(=O)C1(C)CCN(c2cnn(C)c(=O)c2Br)C1. The molecule has 0 N–H and O–H groups in total.